The molecule has 0 saturated carbocycles. The molecule has 90 heavy (non-hydrogen) atoms. The first kappa shape index (κ1) is 62.7. The number of ether oxygens (including phenoxy) is 11. The first-order chi connectivity index (χ1) is 43.9. The van der Waals surface area contributed by atoms with Crippen molar-refractivity contribution in [2.45, 2.75) is 112 Å². The van der Waals surface area contributed by atoms with Crippen molar-refractivity contribution in [3.05, 3.63) is 258 Å². The Kier molecular flexibility index (Phi) is 19.7. The molecule has 0 N–H and O–H groups in total. The Morgan fingerprint density at radius 2 is 1.08 bits per heavy atom. The van der Waals surface area contributed by atoms with E-state index < -0.39 is 98.2 Å². The van der Waals surface area contributed by atoms with Gasteiger partial charge in [-0.05, 0) is 81.3 Å². The van der Waals surface area contributed by atoms with Crippen LogP contribution in [0.25, 0.3) is 0 Å². The maximum absolute atomic E-state index is 15.2. The van der Waals surface area contributed by atoms with Gasteiger partial charge < -0.3 is 56.5 Å². The fourth-order valence-electron chi connectivity index (χ4n) is 12.6. The first-order valence-electron chi connectivity index (χ1n) is 30.4. The van der Waals surface area contributed by atoms with Crippen LogP contribution in [0.15, 0.2) is 224 Å². The van der Waals surface area contributed by atoms with Gasteiger partial charge in [0.25, 0.3) is 20.1 Å². The van der Waals surface area contributed by atoms with E-state index in [0.29, 0.717) is 22.8 Å². The topological polar surface area (TPSA) is 148 Å². The largest absolute Gasteiger partial charge is 0.497 e. The van der Waals surface area contributed by atoms with Crippen LogP contribution >= 0.6 is 11.8 Å². The molecule has 2 amide bonds. The summed E-state index contributed by atoms with van der Waals surface area (Å²) < 4.78 is 84.3. The van der Waals surface area contributed by atoms with Crippen LogP contribution in [0.5, 0.6) is 17.2 Å². The Labute approximate surface area is 531 Å². The Morgan fingerprint density at radius 3 is 1.63 bits per heavy atom. The molecule has 8 aromatic rings. The number of carbonyl (C=O) groups is 2. The number of methoxy groups -OCH3 is 2. The number of rotatable bonds is 23. The maximum atomic E-state index is 15.2. The summed E-state index contributed by atoms with van der Waals surface area (Å²) in [6.07, 6.45) is -8.07. The van der Waals surface area contributed by atoms with Gasteiger partial charge in [-0.1, -0.05) is 197 Å². The summed E-state index contributed by atoms with van der Waals surface area (Å²) in [5, 5.41) is 1.63. The van der Waals surface area contributed by atoms with Crippen LogP contribution in [0.4, 0.5) is 0 Å². The molecule has 4 aliphatic rings. The van der Waals surface area contributed by atoms with Crippen LogP contribution in [0.2, 0.25) is 5.04 Å². The minimum Gasteiger partial charge on any atom is -0.497 e. The fraction of sp³-hybridized carbons (Fsp3) is 0.315. The highest BCUT2D eigenvalue weighted by atomic mass is 32.2. The van der Waals surface area contributed by atoms with E-state index in [2.05, 4.69) is 69.3 Å². The minimum absolute atomic E-state index is 0.0242. The van der Waals surface area contributed by atoms with Crippen LogP contribution in [0, 0.1) is 0 Å². The first-order valence-corrected chi connectivity index (χ1v) is 33.6. The van der Waals surface area contributed by atoms with Crippen LogP contribution < -0.4 is 24.6 Å². The molecule has 8 aromatic carbocycles. The fourth-order valence-corrected chi connectivity index (χ4v) is 18.0. The standard InChI is InChI=1S/C73H75NO14SSi/c1-73(2,3)90(55-30-18-10-19-31-55,56-32-20-11-21-33-56)88-65-63-60(47-81-69(85-63)50-28-16-9-17-29-50)84-72(89-6)66(65)87-70(51-36-38-52(77-4)39-37-51)86-62-59(46-79-44-48-24-12-7-13-25-48)83-71(82-54-42-40-53(78-5)41-43-54)61(64(62)80-45-49-26-14-8-15-27-49)74-67(75)57-34-22-23-35-58(57)68(74)76/h7-43,59-66,69-72H,44-47H2,1-6H3/t59-,60-,61-,62-,63-,64-,65+,66+,69-,70?,71-,72-/m1/s1. The monoisotopic (exact) mass is 1250 g/mol. The summed E-state index contributed by atoms with van der Waals surface area (Å²) in [5.41, 5.74) is 2.92. The van der Waals surface area contributed by atoms with Gasteiger partial charge in [0.15, 0.2) is 12.6 Å². The number of carbonyl (C=O) groups excluding carboxylic acids is 2. The molecule has 17 heteroatoms. The lowest BCUT2D eigenvalue weighted by molar-refractivity contribution is -0.346. The Hall–Kier alpha value is -7.49. The molecule has 1 unspecified atom stereocenters. The van der Waals surface area contributed by atoms with Crippen molar-refractivity contribution in [1.82, 2.24) is 4.90 Å². The quantitative estimate of drug-likeness (QED) is 0.0339. The Bertz CT molecular complexity index is 3540. The smallest absolute Gasteiger partial charge is 0.262 e. The van der Waals surface area contributed by atoms with E-state index in [-0.39, 0.29) is 37.6 Å². The Morgan fingerprint density at radius 1 is 0.567 bits per heavy atom. The van der Waals surface area contributed by atoms with Crippen molar-refractivity contribution in [2.75, 3.05) is 33.7 Å². The van der Waals surface area contributed by atoms with E-state index >= 15 is 9.59 Å². The second kappa shape index (κ2) is 28.3. The highest BCUT2D eigenvalue weighted by Gasteiger charge is 2.61. The number of benzene rings is 8. The predicted octanol–water partition coefficient (Wildman–Crippen LogP) is 11.9. The molecule has 12 rings (SSSR count). The summed E-state index contributed by atoms with van der Waals surface area (Å²) in [7, 11) is -0.278. The van der Waals surface area contributed by atoms with Gasteiger partial charge in [-0.2, -0.15) is 0 Å². The molecule has 3 saturated heterocycles. The summed E-state index contributed by atoms with van der Waals surface area (Å²) >= 11 is 1.48. The third-order valence-electron chi connectivity index (χ3n) is 17.0. The average molecular weight is 1250 g/mol. The average Bonchev–Trinajstić information content (AvgIpc) is 0.946. The summed E-state index contributed by atoms with van der Waals surface area (Å²) in [5.74, 6) is 0.472. The third kappa shape index (κ3) is 13.3. The van der Waals surface area contributed by atoms with E-state index in [1.165, 1.54) is 16.7 Å². The molecule has 15 nitrogen and oxygen atoms in total. The molecule has 0 spiro atoms. The highest BCUT2D eigenvalue weighted by Crippen LogP contribution is 2.47. The number of thioether (sulfide) groups is 1. The van der Waals surface area contributed by atoms with Crippen LogP contribution in [-0.2, 0) is 55.5 Å². The van der Waals surface area contributed by atoms with Gasteiger partial charge in [0, 0.05) is 11.1 Å². The molecule has 466 valence electrons. The highest BCUT2D eigenvalue weighted by molar-refractivity contribution is 7.99. The van der Waals surface area contributed by atoms with Crippen molar-refractivity contribution >= 4 is 42.3 Å². The van der Waals surface area contributed by atoms with Crippen molar-refractivity contribution in [3.63, 3.8) is 0 Å². The van der Waals surface area contributed by atoms with Gasteiger partial charge in [-0.25, -0.2) is 0 Å². The summed E-state index contributed by atoms with van der Waals surface area (Å²) in [6.45, 7) is 7.09. The van der Waals surface area contributed by atoms with Crippen LogP contribution in [0.3, 0.4) is 0 Å². The second-order valence-electron chi connectivity index (χ2n) is 23.6. The zero-order valence-electron chi connectivity index (χ0n) is 51.2. The molecule has 0 aromatic heterocycles. The lowest BCUT2D eigenvalue weighted by Crippen LogP contribution is -2.72. The number of imide groups is 1. The molecule has 0 radical (unpaired) electrons. The van der Waals surface area contributed by atoms with Crippen molar-refractivity contribution < 1.29 is 66.1 Å². The van der Waals surface area contributed by atoms with Crippen LogP contribution in [-0.4, -0.2) is 119 Å². The molecule has 3 fully saturated rings. The number of nitrogens with zero attached hydrogens (tertiary/aromatic N) is 1. The molecule has 0 bridgehead atoms. The number of amides is 2. The molecule has 0 aliphatic carbocycles. The summed E-state index contributed by atoms with van der Waals surface area (Å²) in [6, 6.07) is 70.3. The van der Waals surface area contributed by atoms with Gasteiger partial charge in [-0.3, -0.25) is 14.5 Å². The van der Waals surface area contributed by atoms with Crippen molar-refractivity contribution in [1.29, 1.82) is 0 Å². The maximum Gasteiger partial charge on any atom is 0.262 e. The molecular formula is C73H75NO14SSi. The van der Waals surface area contributed by atoms with E-state index in [0.717, 1.165) is 27.1 Å². The van der Waals surface area contributed by atoms with E-state index in [4.69, 9.17) is 56.5 Å². The van der Waals surface area contributed by atoms with Gasteiger partial charge in [0.05, 0.1) is 51.8 Å². The van der Waals surface area contributed by atoms with Gasteiger partial charge in [0.2, 0.25) is 6.29 Å². The van der Waals surface area contributed by atoms with Gasteiger partial charge >= 0.3 is 0 Å². The van der Waals surface area contributed by atoms with E-state index in [9.17, 15) is 0 Å². The van der Waals surface area contributed by atoms with Gasteiger partial charge in [0.1, 0.15) is 71.5 Å². The SMILES string of the molecule is COc1ccc(O[C@@H]2O[C@H](COCc3ccccc3)[C@@H](OC(O[C@H]3[C@@H](O[Si](c4ccccc4)(c4ccccc4)C(C)(C)C)[C@@H]4O[C@H](c5ccccc5)OC[C@H]4O[C@@H]3SC)c3ccc(OC)cc3)[C@H](OCc3ccccc3)[C@H]2N2C(=O)c3ccccc3C2=O)cc1. The Balaban J connectivity index is 1.02. The molecule has 4 aliphatic heterocycles. The molecule has 12 atom stereocenters. The summed E-state index contributed by atoms with van der Waals surface area (Å²) in [4.78, 5) is 31.6. The molecule has 4 heterocycles. The minimum atomic E-state index is -3.47. The number of hydrogen-bond acceptors (Lipinski definition) is 15. The lowest BCUT2D eigenvalue weighted by atomic mass is 9.94. The van der Waals surface area contributed by atoms with Gasteiger partial charge in [-0.15, -0.1) is 11.8 Å². The zero-order chi connectivity index (χ0) is 62.2. The van der Waals surface area contributed by atoms with Crippen molar-refractivity contribution in [3.8, 4) is 17.2 Å². The molecular weight excluding hydrogens is 1170 g/mol. The predicted molar refractivity (Wildman–Crippen MR) is 344 cm³/mol. The lowest BCUT2D eigenvalue weighted by Gasteiger charge is -2.54. The zero-order valence-corrected chi connectivity index (χ0v) is 53.0. The number of hydrogen-bond donors (Lipinski definition) is 0. The van der Waals surface area contributed by atoms with Crippen molar-refractivity contribution in [2.24, 2.45) is 0 Å². The van der Waals surface area contributed by atoms with E-state index in [1.54, 1.807) is 62.8 Å². The van der Waals surface area contributed by atoms with Crippen LogP contribution in [0.1, 0.15) is 76.3 Å². The third-order valence-corrected chi connectivity index (χ3v) is 22.9. The normalized spacial score (nSPS) is 24.6. The second-order valence-corrected chi connectivity index (χ2v) is 28.8. The van der Waals surface area contributed by atoms with E-state index in [1.807, 2.05) is 134 Å². The number of fused-ring (bicyclic) bond motifs is 2.